The summed E-state index contributed by atoms with van der Waals surface area (Å²) < 4.78 is 39.3. The first-order chi connectivity index (χ1) is 11.2. The Morgan fingerprint density at radius 3 is 2.21 bits per heavy atom. The number of alkyl halides is 3. The summed E-state index contributed by atoms with van der Waals surface area (Å²) in [5, 5.41) is 13.0. The molecule has 0 unspecified atom stereocenters. The lowest BCUT2D eigenvalue weighted by Gasteiger charge is -2.18. The molecule has 0 saturated carbocycles. The molecule has 0 fully saturated rings. The molecule has 0 spiro atoms. The number of benzene rings is 1. The molecular formula is C15H18F3N5O. The molecule has 1 aromatic heterocycles. The van der Waals surface area contributed by atoms with E-state index in [-0.39, 0.29) is 6.04 Å². The summed E-state index contributed by atoms with van der Waals surface area (Å²) in [6.07, 6.45) is -2.85. The standard InChI is InChI=1S/C15H18F3N5O/c1-9(11-4-6-12(7-5-11)15(16,17)18)20-14(24)21-10(2)13-22-19-8-23(13)3/h4-10H,1-3H3,(H2,20,21,24)/t9-,10-/m1/s1. The number of nitrogens with zero attached hydrogens (tertiary/aromatic N) is 3. The number of rotatable bonds is 4. The molecule has 0 aliphatic heterocycles. The number of urea groups is 1. The first-order valence-electron chi connectivity index (χ1n) is 7.26. The molecule has 24 heavy (non-hydrogen) atoms. The molecule has 2 rings (SSSR count). The molecule has 2 atom stereocenters. The minimum Gasteiger partial charge on any atom is -0.332 e. The Bertz CT molecular complexity index is 696. The maximum Gasteiger partial charge on any atom is 0.416 e. The molecule has 1 heterocycles. The van der Waals surface area contributed by atoms with Gasteiger partial charge in [0.1, 0.15) is 6.33 Å². The van der Waals surface area contributed by atoms with E-state index >= 15 is 0 Å². The number of nitrogens with one attached hydrogen (secondary N) is 2. The van der Waals surface area contributed by atoms with E-state index in [2.05, 4.69) is 20.8 Å². The number of hydrogen-bond donors (Lipinski definition) is 2. The topological polar surface area (TPSA) is 71.8 Å². The minimum absolute atomic E-state index is 0.364. The fraction of sp³-hybridized carbons (Fsp3) is 0.400. The lowest BCUT2D eigenvalue weighted by molar-refractivity contribution is -0.137. The smallest absolute Gasteiger partial charge is 0.332 e. The molecule has 0 aliphatic carbocycles. The second kappa shape index (κ2) is 6.90. The van der Waals surface area contributed by atoms with Gasteiger partial charge in [0, 0.05) is 7.05 Å². The van der Waals surface area contributed by atoms with Crippen LogP contribution in [0.25, 0.3) is 0 Å². The summed E-state index contributed by atoms with van der Waals surface area (Å²) in [6, 6.07) is 3.43. The molecule has 0 aliphatic rings. The van der Waals surface area contributed by atoms with Gasteiger partial charge in [0.15, 0.2) is 5.82 Å². The molecular weight excluding hydrogens is 323 g/mol. The Kier molecular flexibility index (Phi) is 5.10. The van der Waals surface area contributed by atoms with E-state index in [1.165, 1.54) is 18.5 Å². The quantitative estimate of drug-likeness (QED) is 0.898. The number of hydrogen-bond acceptors (Lipinski definition) is 3. The van der Waals surface area contributed by atoms with Gasteiger partial charge in [-0.2, -0.15) is 13.2 Å². The lowest BCUT2D eigenvalue weighted by atomic mass is 10.1. The van der Waals surface area contributed by atoms with Crippen LogP contribution in [0, 0.1) is 0 Å². The van der Waals surface area contributed by atoms with Crippen LogP contribution >= 0.6 is 0 Å². The van der Waals surface area contributed by atoms with Crippen LogP contribution < -0.4 is 10.6 Å². The largest absolute Gasteiger partial charge is 0.416 e. The van der Waals surface area contributed by atoms with Gasteiger partial charge < -0.3 is 15.2 Å². The van der Waals surface area contributed by atoms with E-state index in [0.29, 0.717) is 11.4 Å². The number of carbonyl (C=O) groups is 1. The predicted molar refractivity (Wildman–Crippen MR) is 80.9 cm³/mol. The number of amides is 2. The lowest BCUT2D eigenvalue weighted by Crippen LogP contribution is -2.39. The molecule has 2 aromatic rings. The van der Waals surface area contributed by atoms with Crippen molar-refractivity contribution in [2.75, 3.05) is 0 Å². The molecule has 6 nitrogen and oxygen atoms in total. The fourth-order valence-corrected chi connectivity index (χ4v) is 2.23. The predicted octanol–water partition coefficient (Wildman–Crippen LogP) is 2.96. The van der Waals surface area contributed by atoms with Crippen molar-refractivity contribution < 1.29 is 18.0 Å². The maximum atomic E-state index is 12.5. The van der Waals surface area contributed by atoms with Crippen molar-refractivity contribution >= 4 is 6.03 Å². The fourth-order valence-electron chi connectivity index (χ4n) is 2.23. The van der Waals surface area contributed by atoms with Gasteiger partial charge in [0.25, 0.3) is 0 Å². The normalized spacial score (nSPS) is 14.1. The van der Waals surface area contributed by atoms with Crippen molar-refractivity contribution in [2.45, 2.75) is 32.1 Å². The van der Waals surface area contributed by atoms with E-state index < -0.39 is 23.8 Å². The summed E-state index contributed by atoms with van der Waals surface area (Å²) in [5.74, 6) is 0.590. The Balaban J connectivity index is 1.95. The van der Waals surface area contributed by atoms with Crippen LogP contribution in [0.3, 0.4) is 0 Å². The van der Waals surface area contributed by atoms with Crippen LogP contribution in [0.15, 0.2) is 30.6 Å². The highest BCUT2D eigenvalue weighted by Gasteiger charge is 2.30. The third-order valence-electron chi connectivity index (χ3n) is 3.57. The Hall–Kier alpha value is -2.58. The summed E-state index contributed by atoms with van der Waals surface area (Å²) in [6.45, 7) is 3.45. The molecule has 130 valence electrons. The van der Waals surface area contributed by atoms with Crippen molar-refractivity contribution in [1.29, 1.82) is 0 Å². The third kappa shape index (κ3) is 4.24. The van der Waals surface area contributed by atoms with Gasteiger partial charge in [-0.15, -0.1) is 10.2 Å². The number of carbonyl (C=O) groups excluding carboxylic acids is 1. The van der Waals surface area contributed by atoms with E-state index in [9.17, 15) is 18.0 Å². The number of halogens is 3. The summed E-state index contributed by atoms with van der Waals surface area (Å²) in [7, 11) is 1.76. The first-order valence-corrected chi connectivity index (χ1v) is 7.26. The van der Waals surface area contributed by atoms with Crippen molar-refractivity contribution in [3.8, 4) is 0 Å². The highest BCUT2D eigenvalue weighted by molar-refractivity contribution is 5.74. The van der Waals surface area contributed by atoms with E-state index in [4.69, 9.17) is 0 Å². The zero-order valence-corrected chi connectivity index (χ0v) is 13.4. The number of aromatic nitrogens is 3. The van der Waals surface area contributed by atoms with Gasteiger partial charge in [-0.1, -0.05) is 12.1 Å². The van der Waals surface area contributed by atoms with Gasteiger partial charge >= 0.3 is 12.2 Å². The van der Waals surface area contributed by atoms with Crippen LogP contribution in [0.1, 0.15) is 42.9 Å². The summed E-state index contributed by atoms with van der Waals surface area (Å²) in [4.78, 5) is 12.0. The van der Waals surface area contributed by atoms with Crippen LogP contribution in [0.4, 0.5) is 18.0 Å². The van der Waals surface area contributed by atoms with Crippen molar-refractivity contribution in [2.24, 2.45) is 7.05 Å². The van der Waals surface area contributed by atoms with E-state index in [1.807, 2.05) is 0 Å². The molecule has 0 saturated heterocycles. The second-order valence-electron chi connectivity index (χ2n) is 5.48. The van der Waals surface area contributed by atoms with Crippen molar-refractivity contribution in [3.63, 3.8) is 0 Å². The Morgan fingerprint density at radius 1 is 1.12 bits per heavy atom. The Morgan fingerprint density at radius 2 is 1.71 bits per heavy atom. The summed E-state index contributed by atoms with van der Waals surface area (Å²) in [5.41, 5.74) is -0.150. The minimum atomic E-state index is -4.38. The second-order valence-corrected chi connectivity index (χ2v) is 5.48. The van der Waals surface area contributed by atoms with Crippen LogP contribution in [-0.2, 0) is 13.2 Å². The highest BCUT2D eigenvalue weighted by Crippen LogP contribution is 2.29. The third-order valence-corrected chi connectivity index (χ3v) is 3.57. The molecule has 2 amide bonds. The Labute approximate surface area is 137 Å². The zero-order valence-electron chi connectivity index (χ0n) is 13.4. The molecule has 2 N–H and O–H groups in total. The summed E-state index contributed by atoms with van der Waals surface area (Å²) >= 11 is 0. The molecule has 9 heteroatoms. The van der Waals surface area contributed by atoms with Crippen LogP contribution in [-0.4, -0.2) is 20.8 Å². The highest BCUT2D eigenvalue weighted by atomic mass is 19.4. The SMILES string of the molecule is C[C@@H](NC(=O)N[C@H](C)c1nncn1C)c1ccc(C(F)(F)F)cc1. The monoisotopic (exact) mass is 341 g/mol. The maximum absolute atomic E-state index is 12.5. The first kappa shape index (κ1) is 17.8. The number of aryl methyl sites for hydroxylation is 1. The molecule has 0 bridgehead atoms. The van der Waals surface area contributed by atoms with Gasteiger partial charge in [-0.25, -0.2) is 4.79 Å². The van der Waals surface area contributed by atoms with Gasteiger partial charge in [0.2, 0.25) is 0 Å². The zero-order chi connectivity index (χ0) is 17.9. The van der Waals surface area contributed by atoms with Crippen LogP contribution in [0.5, 0.6) is 0 Å². The molecule has 1 aromatic carbocycles. The van der Waals surface area contributed by atoms with E-state index in [0.717, 1.165) is 12.1 Å². The average Bonchev–Trinajstić information content (AvgIpc) is 2.92. The molecule has 0 radical (unpaired) electrons. The van der Waals surface area contributed by atoms with Crippen LogP contribution in [0.2, 0.25) is 0 Å². The average molecular weight is 341 g/mol. The van der Waals surface area contributed by atoms with Crippen molar-refractivity contribution in [1.82, 2.24) is 25.4 Å². The van der Waals surface area contributed by atoms with Crippen molar-refractivity contribution in [3.05, 3.63) is 47.5 Å². The van der Waals surface area contributed by atoms with Gasteiger partial charge in [0.05, 0.1) is 17.6 Å². The van der Waals surface area contributed by atoms with Gasteiger partial charge in [-0.3, -0.25) is 0 Å². The van der Waals surface area contributed by atoms with E-state index in [1.54, 1.807) is 25.5 Å². The van der Waals surface area contributed by atoms with Gasteiger partial charge in [-0.05, 0) is 31.5 Å².